The number of rotatable bonds is 5. The van der Waals surface area contributed by atoms with E-state index in [1.54, 1.807) is 18.3 Å². The number of amides is 1. The number of nitrogens with one attached hydrogen (secondary N) is 1. The van der Waals surface area contributed by atoms with Crippen molar-refractivity contribution in [2.75, 3.05) is 0 Å². The Morgan fingerprint density at radius 1 is 1.20 bits per heavy atom. The van der Waals surface area contributed by atoms with E-state index in [4.69, 9.17) is 11.6 Å². The molecule has 3 aromatic rings. The molecular formula is C20H20ClN3O. The number of hydrazone groups is 1. The van der Waals surface area contributed by atoms with Crippen LogP contribution in [0, 0.1) is 6.92 Å². The monoisotopic (exact) mass is 353 g/mol. The van der Waals surface area contributed by atoms with Crippen LogP contribution in [0.2, 0.25) is 5.02 Å². The molecule has 0 aliphatic heterocycles. The Kier molecular flexibility index (Phi) is 5.19. The lowest BCUT2D eigenvalue weighted by atomic mass is 10.1. The summed E-state index contributed by atoms with van der Waals surface area (Å²) in [5.41, 5.74) is 6.85. The van der Waals surface area contributed by atoms with Crippen molar-refractivity contribution in [3.8, 4) is 0 Å². The van der Waals surface area contributed by atoms with Gasteiger partial charge in [0.2, 0.25) is 5.91 Å². The molecule has 0 aliphatic rings. The van der Waals surface area contributed by atoms with Crippen molar-refractivity contribution >= 4 is 34.6 Å². The molecule has 0 saturated heterocycles. The molecule has 2 aromatic carbocycles. The van der Waals surface area contributed by atoms with E-state index in [-0.39, 0.29) is 12.3 Å². The quantitative estimate of drug-likeness (QED) is 0.539. The number of halogens is 1. The summed E-state index contributed by atoms with van der Waals surface area (Å²) in [6.45, 7) is 5.08. The predicted molar refractivity (Wildman–Crippen MR) is 103 cm³/mol. The SMILES string of the molecule is CCn1c(C)c(C=NNC(=O)Cc2ccc(Cl)cc2)c2ccccc21. The van der Waals surface area contributed by atoms with Gasteiger partial charge in [0.1, 0.15) is 0 Å². The highest BCUT2D eigenvalue weighted by molar-refractivity contribution is 6.30. The standard InChI is InChI=1S/C20H20ClN3O/c1-3-24-14(2)18(17-6-4-5-7-19(17)24)13-22-23-20(25)12-15-8-10-16(21)11-9-15/h4-11,13H,3,12H2,1-2H3,(H,23,25). The maximum Gasteiger partial charge on any atom is 0.244 e. The fraction of sp³-hybridized carbons (Fsp3) is 0.200. The zero-order valence-corrected chi connectivity index (χ0v) is 15.0. The smallest absolute Gasteiger partial charge is 0.244 e. The molecule has 0 bridgehead atoms. The normalized spacial score (nSPS) is 11.3. The summed E-state index contributed by atoms with van der Waals surface area (Å²) in [7, 11) is 0. The Balaban J connectivity index is 1.74. The first kappa shape index (κ1) is 17.2. The van der Waals surface area contributed by atoms with Crippen LogP contribution < -0.4 is 5.43 Å². The summed E-state index contributed by atoms with van der Waals surface area (Å²) in [6, 6.07) is 15.4. The minimum absolute atomic E-state index is 0.157. The summed E-state index contributed by atoms with van der Waals surface area (Å²) in [6.07, 6.45) is 1.99. The number of benzene rings is 2. The van der Waals surface area contributed by atoms with Crippen LogP contribution in [0.3, 0.4) is 0 Å². The molecule has 0 unspecified atom stereocenters. The average Bonchev–Trinajstić information content (AvgIpc) is 2.88. The molecule has 4 nitrogen and oxygen atoms in total. The first-order valence-corrected chi connectivity index (χ1v) is 8.62. The van der Waals surface area contributed by atoms with E-state index < -0.39 is 0 Å². The van der Waals surface area contributed by atoms with Gasteiger partial charge in [-0.3, -0.25) is 4.79 Å². The van der Waals surface area contributed by atoms with Gasteiger partial charge in [0.15, 0.2) is 0 Å². The minimum Gasteiger partial charge on any atom is -0.344 e. The van der Waals surface area contributed by atoms with E-state index in [2.05, 4.69) is 41.1 Å². The highest BCUT2D eigenvalue weighted by Crippen LogP contribution is 2.24. The van der Waals surface area contributed by atoms with Gasteiger partial charge in [-0.2, -0.15) is 5.10 Å². The number of para-hydroxylation sites is 1. The van der Waals surface area contributed by atoms with Gasteiger partial charge < -0.3 is 4.57 Å². The lowest BCUT2D eigenvalue weighted by Gasteiger charge is -2.03. The van der Waals surface area contributed by atoms with Crippen molar-refractivity contribution in [3.05, 3.63) is 70.4 Å². The third-order valence-electron chi connectivity index (χ3n) is 4.26. The molecule has 1 amide bonds. The van der Waals surface area contributed by atoms with E-state index in [1.165, 1.54) is 5.52 Å². The molecule has 1 aromatic heterocycles. The maximum atomic E-state index is 12.0. The number of aromatic nitrogens is 1. The summed E-state index contributed by atoms with van der Waals surface area (Å²) in [5.74, 6) is -0.157. The predicted octanol–water partition coefficient (Wildman–Crippen LogP) is 4.32. The second-order valence-electron chi connectivity index (χ2n) is 5.86. The number of hydrogen-bond donors (Lipinski definition) is 1. The number of carbonyl (C=O) groups excluding carboxylic acids is 1. The summed E-state index contributed by atoms with van der Waals surface area (Å²) in [4.78, 5) is 12.0. The maximum absolute atomic E-state index is 12.0. The van der Waals surface area contributed by atoms with Crippen LogP contribution in [-0.4, -0.2) is 16.7 Å². The third-order valence-corrected chi connectivity index (χ3v) is 4.51. The molecular weight excluding hydrogens is 334 g/mol. The average molecular weight is 354 g/mol. The molecule has 0 radical (unpaired) electrons. The molecule has 25 heavy (non-hydrogen) atoms. The Hall–Kier alpha value is -2.59. The molecule has 128 valence electrons. The highest BCUT2D eigenvalue weighted by atomic mass is 35.5. The van der Waals surface area contributed by atoms with Crippen molar-refractivity contribution in [3.63, 3.8) is 0 Å². The van der Waals surface area contributed by atoms with Gasteiger partial charge in [-0.25, -0.2) is 5.43 Å². The molecule has 0 spiro atoms. The van der Waals surface area contributed by atoms with Crippen molar-refractivity contribution in [2.24, 2.45) is 5.10 Å². The fourth-order valence-corrected chi connectivity index (χ4v) is 3.15. The number of nitrogens with zero attached hydrogens (tertiary/aromatic N) is 2. The van der Waals surface area contributed by atoms with Gasteiger partial charge >= 0.3 is 0 Å². The second kappa shape index (κ2) is 7.53. The van der Waals surface area contributed by atoms with Crippen LogP contribution >= 0.6 is 11.6 Å². The second-order valence-corrected chi connectivity index (χ2v) is 6.29. The van der Waals surface area contributed by atoms with E-state index in [1.807, 2.05) is 24.3 Å². The molecule has 1 heterocycles. The molecule has 3 rings (SSSR count). The third kappa shape index (κ3) is 3.74. The molecule has 0 saturated carbocycles. The lowest BCUT2D eigenvalue weighted by Crippen LogP contribution is -2.19. The molecule has 0 fully saturated rings. The van der Waals surface area contributed by atoms with Crippen LogP contribution in [0.1, 0.15) is 23.7 Å². The van der Waals surface area contributed by atoms with Crippen molar-refractivity contribution in [2.45, 2.75) is 26.8 Å². The van der Waals surface area contributed by atoms with Gasteiger partial charge in [-0.1, -0.05) is 41.9 Å². The Morgan fingerprint density at radius 3 is 2.64 bits per heavy atom. The Morgan fingerprint density at radius 2 is 1.92 bits per heavy atom. The van der Waals surface area contributed by atoms with Gasteiger partial charge in [0.05, 0.1) is 12.6 Å². The van der Waals surface area contributed by atoms with Crippen LogP contribution in [-0.2, 0) is 17.8 Å². The van der Waals surface area contributed by atoms with Crippen molar-refractivity contribution in [1.29, 1.82) is 0 Å². The fourth-order valence-electron chi connectivity index (χ4n) is 3.02. The van der Waals surface area contributed by atoms with E-state index in [0.717, 1.165) is 28.8 Å². The van der Waals surface area contributed by atoms with Gasteiger partial charge in [-0.05, 0) is 37.6 Å². The van der Waals surface area contributed by atoms with Gasteiger partial charge in [0, 0.05) is 33.7 Å². The molecule has 1 N–H and O–H groups in total. The minimum atomic E-state index is -0.157. The van der Waals surface area contributed by atoms with Crippen molar-refractivity contribution < 1.29 is 4.79 Å². The largest absolute Gasteiger partial charge is 0.344 e. The number of carbonyl (C=O) groups is 1. The van der Waals surface area contributed by atoms with E-state index >= 15 is 0 Å². The summed E-state index contributed by atoms with van der Waals surface area (Å²) < 4.78 is 2.24. The highest BCUT2D eigenvalue weighted by Gasteiger charge is 2.11. The first-order chi connectivity index (χ1) is 12.1. The van der Waals surface area contributed by atoms with Crippen LogP contribution in [0.5, 0.6) is 0 Å². The summed E-state index contributed by atoms with van der Waals surface area (Å²) in [5, 5.41) is 5.94. The van der Waals surface area contributed by atoms with Crippen LogP contribution in [0.4, 0.5) is 0 Å². The topological polar surface area (TPSA) is 46.4 Å². The summed E-state index contributed by atoms with van der Waals surface area (Å²) >= 11 is 5.85. The van der Waals surface area contributed by atoms with E-state index in [0.29, 0.717) is 5.02 Å². The van der Waals surface area contributed by atoms with Gasteiger partial charge in [0.25, 0.3) is 0 Å². The number of aryl methyl sites for hydroxylation is 1. The first-order valence-electron chi connectivity index (χ1n) is 8.24. The lowest BCUT2D eigenvalue weighted by molar-refractivity contribution is -0.120. The number of hydrogen-bond acceptors (Lipinski definition) is 2. The molecule has 0 aliphatic carbocycles. The number of fused-ring (bicyclic) bond motifs is 1. The van der Waals surface area contributed by atoms with Crippen LogP contribution in [0.15, 0.2) is 53.6 Å². The van der Waals surface area contributed by atoms with Crippen molar-refractivity contribution in [1.82, 2.24) is 9.99 Å². The zero-order chi connectivity index (χ0) is 17.8. The molecule has 0 atom stereocenters. The Bertz CT molecular complexity index is 926. The Labute approximate surface area is 152 Å². The molecule has 5 heteroatoms. The van der Waals surface area contributed by atoms with Crippen LogP contribution in [0.25, 0.3) is 10.9 Å². The zero-order valence-electron chi connectivity index (χ0n) is 14.3. The van der Waals surface area contributed by atoms with E-state index in [9.17, 15) is 4.79 Å². The van der Waals surface area contributed by atoms with Gasteiger partial charge in [-0.15, -0.1) is 0 Å².